The van der Waals surface area contributed by atoms with Gasteiger partial charge in [0.05, 0.1) is 22.2 Å². The molecule has 2 aromatic carbocycles. The number of hydrogen-bond donors (Lipinski definition) is 0. The Hall–Kier alpha value is -1.71. The third-order valence-electron chi connectivity index (χ3n) is 3.96. The van der Waals surface area contributed by atoms with E-state index in [4.69, 9.17) is 9.47 Å². The van der Waals surface area contributed by atoms with Crippen molar-refractivity contribution in [3.63, 3.8) is 0 Å². The van der Waals surface area contributed by atoms with Gasteiger partial charge < -0.3 is 9.47 Å². The first-order valence-corrected chi connectivity index (χ1v) is 10.6. The summed E-state index contributed by atoms with van der Waals surface area (Å²) in [4.78, 5) is 37.6. The number of carbonyl (C=O) groups excluding carboxylic acids is 3. The highest BCUT2D eigenvalue weighted by Gasteiger charge is 2.35. The molecule has 0 spiro atoms. The minimum atomic E-state index is -0.527. The Morgan fingerprint density at radius 2 is 1.61 bits per heavy atom. The summed E-state index contributed by atoms with van der Waals surface area (Å²) in [5, 5.41) is 0. The number of carbonyl (C=O) groups is 3. The minimum Gasteiger partial charge on any atom is -0.481 e. The Bertz CT molecular complexity index is 947. The van der Waals surface area contributed by atoms with Gasteiger partial charge in [-0.05, 0) is 58.7 Å². The van der Waals surface area contributed by atoms with Crippen molar-refractivity contribution in [2.45, 2.75) is 6.42 Å². The molecule has 0 N–H and O–H groups in total. The summed E-state index contributed by atoms with van der Waals surface area (Å²) in [5.74, 6) is -0.670. The van der Waals surface area contributed by atoms with Crippen LogP contribution in [0.25, 0.3) is 0 Å². The lowest BCUT2D eigenvalue weighted by atomic mass is 10.1. The molecule has 28 heavy (non-hydrogen) atoms. The molecule has 1 heterocycles. The summed E-state index contributed by atoms with van der Waals surface area (Å²) in [6, 6.07) is 10.3. The van der Waals surface area contributed by atoms with Gasteiger partial charge in [-0.15, -0.1) is 0 Å². The first-order valence-electron chi connectivity index (χ1n) is 8.26. The fraction of sp³-hybridized carbons (Fsp3) is 0.211. The summed E-state index contributed by atoms with van der Waals surface area (Å²) in [5.41, 5.74) is 0.767. The number of benzene rings is 2. The van der Waals surface area contributed by atoms with Crippen molar-refractivity contribution >= 4 is 65.6 Å². The van der Waals surface area contributed by atoms with Crippen LogP contribution in [0.15, 0.2) is 49.8 Å². The predicted molar refractivity (Wildman–Crippen MR) is 112 cm³/mol. The average molecular weight is 576 g/mol. The summed E-state index contributed by atoms with van der Waals surface area (Å²) >= 11 is 9.98. The molecule has 0 unspecified atom stereocenters. The van der Waals surface area contributed by atoms with Gasteiger partial charge in [0.15, 0.2) is 6.61 Å². The van der Waals surface area contributed by atoms with Crippen LogP contribution in [0.5, 0.6) is 5.75 Å². The molecule has 1 aliphatic rings. The number of rotatable bonds is 7. The molecule has 2 amide bonds. The normalized spacial score (nSPS) is 12.9. The second kappa shape index (κ2) is 9.19. The Morgan fingerprint density at radius 3 is 2.36 bits per heavy atom. The molecule has 1 aliphatic heterocycles. The molecule has 0 aliphatic carbocycles. The van der Waals surface area contributed by atoms with Crippen molar-refractivity contribution in [1.29, 1.82) is 0 Å². The number of halogens is 3. The van der Waals surface area contributed by atoms with Crippen LogP contribution in [-0.2, 0) is 9.53 Å². The molecule has 2 aromatic rings. The van der Waals surface area contributed by atoms with Gasteiger partial charge in [0.25, 0.3) is 11.8 Å². The maximum Gasteiger partial charge on any atom is 0.344 e. The monoisotopic (exact) mass is 573 g/mol. The summed E-state index contributed by atoms with van der Waals surface area (Å²) in [6.45, 7) is 0.0262. The lowest BCUT2D eigenvalue weighted by Gasteiger charge is -2.13. The first-order chi connectivity index (χ1) is 13.4. The third kappa shape index (κ3) is 4.82. The van der Waals surface area contributed by atoms with Gasteiger partial charge in [-0.2, -0.15) is 0 Å². The van der Waals surface area contributed by atoms with Gasteiger partial charge in [0, 0.05) is 15.5 Å². The highest BCUT2D eigenvalue weighted by atomic mass is 79.9. The van der Waals surface area contributed by atoms with E-state index in [-0.39, 0.29) is 31.6 Å². The van der Waals surface area contributed by atoms with Crippen LogP contribution >= 0.6 is 47.8 Å². The van der Waals surface area contributed by atoms with Gasteiger partial charge >= 0.3 is 5.97 Å². The van der Waals surface area contributed by atoms with Gasteiger partial charge in [-0.25, -0.2) is 4.79 Å². The molecule has 0 saturated heterocycles. The molecule has 0 atom stereocenters. The van der Waals surface area contributed by atoms with E-state index in [1.54, 1.807) is 36.4 Å². The predicted octanol–water partition coefficient (Wildman–Crippen LogP) is 4.58. The standard InChI is InChI=1S/C19H14Br3NO5/c20-11-2-4-13-14(8-11)19(26)23(18(13)25)6-1-7-27-17(24)10-28-16-5-3-12(21)9-15(16)22/h2-5,8-9H,1,6-7,10H2. The Balaban J connectivity index is 1.43. The average Bonchev–Trinajstić information content (AvgIpc) is 2.88. The molecular formula is C19H14Br3NO5. The van der Waals surface area contributed by atoms with E-state index in [1.807, 2.05) is 0 Å². The molecule has 0 radical (unpaired) electrons. The lowest BCUT2D eigenvalue weighted by Crippen LogP contribution is -2.31. The Kier molecular flexibility index (Phi) is 6.90. The highest BCUT2D eigenvalue weighted by molar-refractivity contribution is 9.11. The van der Waals surface area contributed by atoms with Gasteiger partial charge in [-0.3, -0.25) is 14.5 Å². The van der Waals surface area contributed by atoms with Crippen molar-refractivity contribution in [2.75, 3.05) is 19.8 Å². The molecule has 9 heteroatoms. The summed E-state index contributed by atoms with van der Waals surface area (Å²) < 4.78 is 12.9. The van der Waals surface area contributed by atoms with E-state index in [1.165, 1.54) is 4.90 Å². The maximum absolute atomic E-state index is 12.4. The maximum atomic E-state index is 12.4. The molecule has 146 valence electrons. The van der Waals surface area contributed by atoms with E-state index in [0.717, 1.165) is 8.95 Å². The number of amides is 2. The SMILES string of the molecule is O=C(COc1ccc(Br)cc1Br)OCCCN1C(=O)c2ccc(Br)cc2C1=O. The van der Waals surface area contributed by atoms with Crippen LogP contribution in [0, 0.1) is 0 Å². The Morgan fingerprint density at radius 1 is 0.929 bits per heavy atom. The molecular weight excluding hydrogens is 562 g/mol. The fourth-order valence-corrected chi connectivity index (χ4v) is 4.17. The van der Waals surface area contributed by atoms with Crippen molar-refractivity contribution in [3.8, 4) is 5.75 Å². The van der Waals surface area contributed by atoms with Gasteiger partial charge in [0.2, 0.25) is 0 Å². The number of esters is 1. The Labute approximate surface area is 186 Å². The summed E-state index contributed by atoms with van der Waals surface area (Å²) in [7, 11) is 0. The smallest absolute Gasteiger partial charge is 0.344 e. The molecule has 0 fully saturated rings. The van der Waals surface area contributed by atoms with Crippen LogP contribution in [0.1, 0.15) is 27.1 Å². The van der Waals surface area contributed by atoms with Gasteiger partial charge in [-0.1, -0.05) is 31.9 Å². The van der Waals surface area contributed by atoms with Crippen LogP contribution in [0.3, 0.4) is 0 Å². The van der Waals surface area contributed by atoms with Crippen molar-refractivity contribution in [1.82, 2.24) is 4.90 Å². The zero-order valence-electron chi connectivity index (χ0n) is 14.4. The van der Waals surface area contributed by atoms with E-state index in [9.17, 15) is 14.4 Å². The minimum absolute atomic E-state index is 0.0841. The van der Waals surface area contributed by atoms with Crippen molar-refractivity contribution in [2.24, 2.45) is 0 Å². The second-order valence-corrected chi connectivity index (χ2v) is 8.57. The number of nitrogens with zero attached hydrogens (tertiary/aromatic N) is 1. The molecule has 0 aromatic heterocycles. The quantitative estimate of drug-likeness (QED) is 0.274. The van der Waals surface area contributed by atoms with Crippen molar-refractivity contribution < 1.29 is 23.9 Å². The summed E-state index contributed by atoms with van der Waals surface area (Å²) in [6.07, 6.45) is 0.348. The second-order valence-electron chi connectivity index (χ2n) is 5.89. The van der Waals surface area contributed by atoms with Crippen LogP contribution in [0.2, 0.25) is 0 Å². The lowest BCUT2D eigenvalue weighted by molar-refractivity contribution is -0.146. The van der Waals surface area contributed by atoms with Crippen LogP contribution in [0.4, 0.5) is 0 Å². The molecule has 0 saturated carbocycles. The molecule has 3 rings (SSSR count). The largest absolute Gasteiger partial charge is 0.481 e. The molecule has 0 bridgehead atoms. The van der Waals surface area contributed by atoms with Crippen molar-refractivity contribution in [3.05, 3.63) is 60.9 Å². The molecule has 6 nitrogen and oxygen atoms in total. The van der Waals surface area contributed by atoms with Gasteiger partial charge in [0.1, 0.15) is 5.75 Å². The topological polar surface area (TPSA) is 72.9 Å². The third-order valence-corrected chi connectivity index (χ3v) is 5.57. The van der Waals surface area contributed by atoms with E-state index < -0.39 is 5.97 Å². The van der Waals surface area contributed by atoms with E-state index in [0.29, 0.717) is 27.8 Å². The number of ether oxygens (including phenoxy) is 2. The zero-order valence-corrected chi connectivity index (χ0v) is 19.2. The van der Waals surface area contributed by atoms with E-state index >= 15 is 0 Å². The number of fused-ring (bicyclic) bond motifs is 1. The van der Waals surface area contributed by atoms with E-state index in [2.05, 4.69) is 47.8 Å². The van der Waals surface area contributed by atoms with Crippen LogP contribution < -0.4 is 4.74 Å². The van der Waals surface area contributed by atoms with Crippen LogP contribution in [-0.4, -0.2) is 42.4 Å². The highest BCUT2D eigenvalue weighted by Crippen LogP contribution is 2.28. The fourth-order valence-electron chi connectivity index (χ4n) is 2.65. The first kappa shape index (κ1) is 21.0. The number of hydrogen-bond acceptors (Lipinski definition) is 5. The number of imide groups is 1. The zero-order chi connectivity index (χ0) is 20.3.